The van der Waals surface area contributed by atoms with Gasteiger partial charge in [0.15, 0.2) is 5.69 Å². The van der Waals surface area contributed by atoms with Crippen molar-refractivity contribution >= 4 is 39.0 Å². The molecular weight excluding hydrogens is 404 g/mol. The highest BCUT2D eigenvalue weighted by Gasteiger charge is 2.28. The van der Waals surface area contributed by atoms with Gasteiger partial charge in [0.1, 0.15) is 10.5 Å². The normalized spacial score (nSPS) is 16.8. The van der Waals surface area contributed by atoms with Gasteiger partial charge in [-0.05, 0) is 43.2 Å². The molecule has 4 N–H and O–H groups in total. The quantitative estimate of drug-likeness (QED) is 0.658. The molecule has 5 rings (SSSR count). The van der Waals surface area contributed by atoms with Crippen LogP contribution in [0.1, 0.15) is 50.0 Å². The molecule has 154 valence electrons. The van der Waals surface area contributed by atoms with Gasteiger partial charge in [-0.2, -0.15) is 0 Å². The lowest BCUT2D eigenvalue weighted by Crippen LogP contribution is -2.24. The highest BCUT2D eigenvalue weighted by molar-refractivity contribution is 8.02. The van der Waals surface area contributed by atoms with Crippen molar-refractivity contribution in [3.63, 3.8) is 0 Å². The Bertz CT molecular complexity index is 1080. The van der Waals surface area contributed by atoms with Crippen molar-refractivity contribution in [1.29, 1.82) is 0 Å². The number of rotatable bonds is 4. The first-order chi connectivity index (χ1) is 14.1. The SMILES string of the molecule is CO.Cn1c[nH+]c(-c2cc(C3CCC3)c3c(N)c(SC4CCC4)sc3n2)cc1=O. The minimum atomic E-state index is -0.0391. The number of aromatic amines is 1. The van der Waals surface area contributed by atoms with Gasteiger partial charge in [-0.25, -0.2) is 19.3 Å². The van der Waals surface area contributed by atoms with Gasteiger partial charge in [0, 0.05) is 17.7 Å². The molecule has 0 bridgehead atoms. The Morgan fingerprint density at radius 3 is 2.55 bits per heavy atom. The van der Waals surface area contributed by atoms with E-state index in [0.29, 0.717) is 11.2 Å². The molecular formula is C21H27N4O2S2+. The molecule has 29 heavy (non-hydrogen) atoms. The fraction of sp³-hybridized carbons (Fsp3) is 0.476. The summed E-state index contributed by atoms with van der Waals surface area (Å²) in [5.41, 5.74) is 10.4. The number of thiophene rings is 1. The standard InChI is InChI=1S/C20H22N4OS2.CH4O/c1-24-10-22-14(9-16(24)25)15-8-13(11-4-2-5-11)17-18(21)20(27-19(17)23-15)26-12-6-3-7-12;1-2/h8-12H,2-7,21H2,1H3;2H,1H3/p+1. The molecule has 0 radical (unpaired) electrons. The van der Waals surface area contributed by atoms with Gasteiger partial charge in [-0.15, -0.1) is 23.1 Å². The summed E-state index contributed by atoms with van der Waals surface area (Å²) in [6.07, 6.45) is 9.28. The first-order valence-corrected chi connectivity index (χ1v) is 11.7. The molecule has 0 aliphatic heterocycles. The summed E-state index contributed by atoms with van der Waals surface area (Å²) in [5, 5.41) is 8.86. The first kappa shape index (κ1) is 20.4. The number of hydrogen-bond acceptors (Lipinski definition) is 6. The molecule has 0 unspecified atom stereocenters. The van der Waals surface area contributed by atoms with E-state index in [0.717, 1.165) is 34.4 Å². The zero-order valence-corrected chi connectivity index (χ0v) is 18.4. The largest absolute Gasteiger partial charge is 0.400 e. The number of hydrogen-bond donors (Lipinski definition) is 2. The second-order valence-electron chi connectivity index (χ2n) is 7.66. The van der Waals surface area contributed by atoms with E-state index in [4.69, 9.17) is 15.8 Å². The molecule has 0 saturated heterocycles. The average Bonchev–Trinajstić information content (AvgIpc) is 2.96. The number of anilines is 1. The number of nitrogens with zero attached hydrogens (tertiary/aromatic N) is 2. The van der Waals surface area contributed by atoms with E-state index in [1.165, 1.54) is 52.9 Å². The smallest absolute Gasteiger partial charge is 0.337 e. The van der Waals surface area contributed by atoms with Crippen LogP contribution >= 0.6 is 23.1 Å². The minimum Gasteiger partial charge on any atom is -0.400 e. The Hall–Kier alpha value is -1.90. The van der Waals surface area contributed by atoms with E-state index in [-0.39, 0.29) is 5.56 Å². The Morgan fingerprint density at radius 2 is 1.97 bits per heavy atom. The first-order valence-electron chi connectivity index (χ1n) is 10.0. The Labute approximate surface area is 178 Å². The maximum Gasteiger partial charge on any atom is 0.337 e. The van der Waals surface area contributed by atoms with Gasteiger partial charge in [0.2, 0.25) is 6.33 Å². The number of thioether (sulfide) groups is 1. The lowest BCUT2D eigenvalue weighted by Gasteiger charge is -2.27. The van der Waals surface area contributed by atoms with Crippen LogP contribution in [0.15, 0.2) is 27.5 Å². The van der Waals surface area contributed by atoms with Crippen molar-refractivity contribution in [2.75, 3.05) is 12.8 Å². The van der Waals surface area contributed by atoms with Crippen LogP contribution in [0, 0.1) is 0 Å². The van der Waals surface area contributed by atoms with Crippen LogP contribution in [-0.2, 0) is 7.05 Å². The fourth-order valence-corrected chi connectivity index (χ4v) is 6.48. The summed E-state index contributed by atoms with van der Waals surface area (Å²) in [6.45, 7) is 0. The molecule has 2 fully saturated rings. The molecule has 2 saturated carbocycles. The van der Waals surface area contributed by atoms with Gasteiger partial charge in [-0.3, -0.25) is 0 Å². The van der Waals surface area contributed by atoms with E-state index < -0.39 is 0 Å². The number of fused-ring (bicyclic) bond motifs is 1. The molecule has 3 aromatic rings. The van der Waals surface area contributed by atoms with E-state index in [1.54, 1.807) is 30.8 Å². The van der Waals surface area contributed by atoms with Crippen molar-refractivity contribution in [2.24, 2.45) is 7.05 Å². The number of aliphatic hydroxyl groups excluding tert-OH is 1. The number of H-pyrrole nitrogens is 1. The topological polar surface area (TPSA) is 95.3 Å². The van der Waals surface area contributed by atoms with E-state index >= 15 is 0 Å². The fourth-order valence-electron chi connectivity index (χ4n) is 3.68. The molecule has 2 aliphatic rings. The Morgan fingerprint density at radius 1 is 1.24 bits per heavy atom. The number of aliphatic hydroxyl groups is 1. The van der Waals surface area contributed by atoms with Gasteiger partial charge >= 0.3 is 5.56 Å². The van der Waals surface area contributed by atoms with Crippen LogP contribution in [0.3, 0.4) is 0 Å². The van der Waals surface area contributed by atoms with Gasteiger partial charge < -0.3 is 10.8 Å². The molecule has 2 aliphatic carbocycles. The molecule has 6 nitrogen and oxygen atoms in total. The van der Waals surface area contributed by atoms with Crippen LogP contribution in [0.25, 0.3) is 21.6 Å². The lowest BCUT2D eigenvalue weighted by atomic mass is 9.79. The van der Waals surface area contributed by atoms with Crippen molar-refractivity contribution in [3.8, 4) is 11.4 Å². The highest BCUT2D eigenvalue weighted by atomic mass is 32.2. The number of aromatic nitrogens is 3. The molecule has 8 heteroatoms. The molecule has 0 spiro atoms. The van der Waals surface area contributed by atoms with Gasteiger partial charge in [0.25, 0.3) is 0 Å². The van der Waals surface area contributed by atoms with Crippen LogP contribution in [-0.4, -0.2) is 27.0 Å². The second-order valence-corrected chi connectivity index (χ2v) is 10.2. The highest BCUT2D eigenvalue weighted by Crippen LogP contribution is 2.50. The van der Waals surface area contributed by atoms with Crippen LogP contribution in [0.4, 0.5) is 5.69 Å². The molecule has 0 aromatic carbocycles. The van der Waals surface area contributed by atoms with Crippen LogP contribution < -0.4 is 16.3 Å². The van der Waals surface area contributed by atoms with E-state index in [1.807, 2.05) is 11.8 Å². The average molecular weight is 432 g/mol. The predicted molar refractivity (Wildman–Crippen MR) is 119 cm³/mol. The zero-order chi connectivity index (χ0) is 20.5. The van der Waals surface area contributed by atoms with E-state index in [2.05, 4.69) is 11.1 Å². The summed E-state index contributed by atoms with van der Waals surface area (Å²) >= 11 is 3.64. The number of nitrogens with one attached hydrogen (secondary N) is 1. The van der Waals surface area contributed by atoms with E-state index in [9.17, 15) is 4.79 Å². The third-order valence-corrected chi connectivity index (χ3v) is 8.54. The number of pyridine rings is 1. The number of aryl methyl sites for hydroxylation is 1. The summed E-state index contributed by atoms with van der Waals surface area (Å²) in [7, 11) is 2.74. The lowest BCUT2D eigenvalue weighted by molar-refractivity contribution is -0.373. The van der Waals surface area contributed by atoms with Crippen molar-refractivity contribution in [2.45, 2.75) is 53.9 Å². The predicted octanol–water partition coefficient (Wildman–Crippen LogP) is 3.58. The Balaban J connectivity index is 0.000000994. The van der Waals surface area contributed by atoms with Gasteiger partial charge in [-0.1, -0.05) is 12.8 Å². The summed E-state index contributed by atoms with van der Waals surface area (Å²) in [6, 6.07) is 3.78. The number of nitrogens with two attached hydrogens (primary N) is 1. The van der Waals surface area contributed by atoms with Crippen molar-refractivity contribution in [3.05, 3.63) is 34.4 Å². The second kappa shape index (κ2) is 8.45. The van der Waals surface area contributed by atoms with Crippen LogP contribution in [0.5, 0.6) is 0 Å². The van der Waals surface area contributed by atoms with Gasteiger partial charge in [0.05, 0.1) is 23.0 Å². The third-order valence-electron chi connectivity index (χ3n) is 5.87. The minimum absolute atomic E-state index is 0.0391. The molecule has 3 heterocycles. The van der Waals surface area contributed by atoms with Crippen molar-refractivity contribution in [1.82, 2.24) is 9.55 Å². The zero-order valence-electron chi connectivity index (χ0n) is 16.8. The third kappa shape index (κ3) is 3.81. The monoisotopic (exact) mass is 431 g/mol. The maximum atomic E-state index is 12.1. The molecule has 3 aromatic heterocycles. The maximum absolute atomic E-state index is 12.1. The Kier molecular flexibility index (Phi) is 5.94. The number of nitrogen functional groups attached to an aromatic ring is 1. The summed E-state index contributed by atoms with van der Waals surface area (Å²) in [5.74, 6) is 0.555. The molecule has 0 amide bonds. The van der Waals surface area contributed by atoms with Crippen LogP contribution in [0.2, 0.25) is 0 Å². The summed E-state index contributed by atoms with van der Waals surface area (Å²) < 4.78 is 2.75. The van der Waals surface area contributed by atoms with Crippen molar-refractivity contribution < 1.29 is 10.1 Å². The summed E-state index contributed by atoms with van der Waals surface area (Å²) in [4.78, 5) is 21.2. The molecule has 0 atom stereocenters.